The second-order valence-corrected chi connectivity index (χ2v) is 6.71. The van der Waals surface area contributed by atoms with Crippen LogP contribution >= 0.6 is 0 Å². The predicted molar refractivity (Wildman–Crippen MR) is 82.3 cm³/mol. The Morgan fingerprint density at radius 1 is 1.25 bits per heavy atom. The van der Waals surface area contributed by atoms with Crippen molar-refractivity contribution in [1.29, 1.82) is 0 Å². The predicted octanol–water partition coefficient (Wildman–Crippen LogP) is 1.60. The number of carbonyl (C=O) groups is 1. The van der Waals surface area contributed by atoms with Gasteiger partial charge in [0, 0.05) is 12.6 Å². The average molecular weight is 281 g/mol. The van der Waals surface area contributed by atoms with Gasteiger partial charge < -0.3 is 16.0 Å². The highest BCUT2D eigenvalue weighted by Crippen LogP contribution is 2.28. The van der Waals surface area contributed by atoms with Gasteiger partial charge in [0.05, 0.1) is 5.92 Å². The summed E-state index contributed by atoms with van der Waals surface area (Å²) in [6, 6.07) is 0.0469. The quantitative estimate of drug-likeness (QED) is 0.823. The molecular formula is C16H31N3O. The Hall–Kier alpha value is -0.610. The second kappa shape index (κ2) is 7.41. The maximum atomic E-state index is 12.3. The molecule has 0 radical (unpaired) electrons. The van der Waals surface area contributed by atoms with Crippen LogP contribution in [0.5, 0.6) is 0 Å². The van der Waals surface area contributed by atoms with Crippen LogP contribution in [0.25, 0.3) is 0 Å². The van der Waals surface area contributed by atoms with E-state index in [9.17, 15) is 4.79 Å². The summed E-state index contributed by atoms with van der Waals surface area (Å²) in [5.74, 6) is 1.36. The Kier molecular flexibility index (Phi) is 5.85. The van der Waals surface area contributed by atoms with E-state index in [0.717, 1.165) is 25.9 Å². The van der Waals surface area contributed by atoms with Crippen LogP contribution in [-0.2, 0) is 4.79 Å². The van der Waals surface area contributed by atoms with Gasteiger partial charge in [-0.3, -0.25) is 4.79 Å². The highest BCUT2D eigenvalue weighted by atomic mass is 16.1. The van der Waals surface area contributed by atoms with Crippen LogP contribution in [0.1, 0.15) is 46.0 Å². The summed E-state index contributed by atoms with van der Waals surface area (Å²) in [6.07, 6.45) is 5.69. The van der Waals surface area contributed by atoms with E-state index in [-0.39, 0.29) is 17.9 Å². The van der Waals surface area contributed by atoms with E-state index in [2.05, 4.69) is 24.1 Å². The van der Waals surface area contributed by atoms with Gasteiger partial charge in [-0.2, -0.15) is 0 Å². The summed E-state index contributed by atoms with van der Waals surface area (Å²) in [6.45, 7) is 8.73. The molecule has 1 amide bonds. The molecule has 2 fully saturated rings. The number of nitrogens with two attached hydrogens (primary N) is 1. The molecule has 0 aromatic heterocycles. The summed E-state index contributed by atoms with van der Waals surface area (Å²) in [4.78, 5) is 14.8. The number of hydrogen-bond acceptors (Lipinski definition) is 3. The molecule has 4 heteroatoms. The van der Waals surface area contributed by atoms with E-state index in [4.69, 9.17) is 5.73 Å². The van der Waals surface area contributed by atoms with E-state index in [1.54, 1.807) is 0 Å². The highest BCUT2D eigenvalue weighted by molar-refractivity contribution is 5.79. The van der Waals surface area contributed by atoms with Gasteiger partial charge in [-0.05, 0) is 57.2 Å². The van der Waals surface area contributed by atoms with Crippen LogP contribution in [0, 0.1) is 17.8 Å². The molecule has 0 aromatic carbocycles. The van der Waals surface area contributed by atoms with E-state index in [1.165, 1.54) is 32.4 Å². The van der Waals surface area contributed by atoms with Crippen molar-refractivity contribution < 1.29 is 4.79 Å². The van der Waals surface area contributed by atoms with Crippen molar-refractivity contribution in [1.82, 2.24) is 10.2 Å². The standard InChI is InChI=1S/C16H31N3O/c1-3-19-9-7-13(8-10-19)11-18-16(20)14-6-4-5-12(2)15(14)17/h12-15H,3-11,17H2,1-2H3,(H,18,20). The lowest BCUT2D eigenvalue weighted by atomic mass is 9.78. The molecule has 1 heterocycles. The second-order valence-electron chi connectivity index (χ2n) is 6.71. The van der Waals surface area contributed by atoms with Crippen molar-refractivity contribution in [3.8, 4) is 0 Å². The van der Waals surface area contributed by atoms with Gasteiger partial charge in [-0.15, -0.1) is 0 Å². The zero-order chi connectivity index (χ0) is 14.5. The minimum absolute atomic E-state index is 0.0366. The van der Waals surface area contributed by atoms with Crippen LogP contribution < -0.4 is 11.1 Å². The molecule has 1 saturated carbocycles. The molecule has 4 nitrogen and oxygen atoms in total. The largest absolute Gasteiger partial charge is 0.356 e. The summed E-state index contributed by atoms with van der Waals surface area (Å²) >= 11 is 0. The SMILES string of the molecule is CCN1CCC(CNC(=O)C2CCCC(C)C2N)CC1. The molecule has 0 spiro atoms. The lowest BCUT2D eigenvalue weighted by Crippen LogP contribution is -2.48. The van der Waals surface area contributed by atoms with Gasteiger partial charge in [-0.25, -0.2) is 0 Å². The van der Waals surface area contributed by atoms with Gasteiger partial charge in [-0.1, -0.05) is 20.3 Å². The highest BCUT2D eigenvalue weighted by Gasteiger charge is 2.32. The average Bonchev–Trinajstić information content (AvgIpc) is 2.48. The maximum absolute atomic E-state index is 12.3. The van der Waals surface area contributed by atoms with Crippen molar-refractivity contribution in [2.75, 3.05) is 26.2 Å². The Labute approximate surface area is 123 Å². The first kappa shape index (κ1) is 15.8. The summed E-state index contributed by atoms with van der Waals surface area (Å²) in [5, 5.41) is 3.17. The fourth-order valence-corrected chi connectivity index (χ4v) is 3.63. The Morgan fingerprint density at radius 3 is 2.60 bits per heavy atom. The molecule has 3 unspecified atom stereocenters. The van der Waals surface area contributed by atoms with Crippen molar-refractivity contribution in [2.45, 2.75) is 52.0 Å². The fourth-order valence-electron chi connectivity index (χ4n) is 3.63. The number of nitrogens with one attached hydrogen (secondary N) is 1. The summed E-state index contributed by atoms with van der Waals surface area (Å²) in [7, 11) is 0. The third kappa shape index (κ3) is 3.95. The first-order valence-corrected chi connectivity index (χ1v) is 8.37. The first-order chi connectivity index (χ1) is 9.61. The van der Waals surface area contributed by atoms with E-state index >= 15 is 0 Å². The number of carbonyl (C=O) groups excluding carboxylic acids is 1. The Morgan fingerprint density at radius 2 is 1.95 bits per heavy atom. The Balaban J connectivity index is 1.72. The number of likely N-dealkylation sites (tertiary alicyclic amines) is 1. The summed E-state index contributed by atoms with van der Waals surface area (Å²) in [5.41, 5.74) is 6.20. The van der Waals surface area contributed by atoms with Crippen LogP contribution in [0.2, 0.25) is 0 Å². The topological polar surface area (TPSA) is 58.4 Å². The first-order valence-electron chi connectivity index (χ1n) is 8.37. The molecule has 116 valence electrons. The molecule has 20 heavy (non-hydrogen) atoms. The van der Waals surface area contributed by atoms with Crippen molar-refractivity contribution in [3.63, 3.8) is 0 Å². The molecule has 0 bridgehead atoms. The van der Waals surface area contributed by atoms with Gasteiger partial charge in [0.1, 0.15) is 0 Å². The van der Waals surface area contributed by atoms with E-state index in [0.29, 0.717) is 11.8 Å². The van der Waals surface area contributed by atoms with Crippen LogP contribution in [-0.4, -0.2) is 43.0 Å². The monoisotopic (exact) mass is 281 g/mol. The van der Waals surface area contributed by atoms with Gasteiger partial charge in [0.2, 0.25) is 5.91 Å². The smallest absolute Gasteiger partial charge is 0.224 e. The number of amides is 1. The molecule has 1 saturated heterocycles. The van der Waals surface area contributed by atoms with Crippen LogP contribution in [0.3, 0.4) is 0 Å². The molecule has 3 N–H and O–H groups in total. The van der Waals surface area contributed by atoms with Crippen LogP contribution in [0.4, 0.5) is 0 Å². The van der Waals surface area contributed by atoms with E-state index in [1.807, 2.05) is 0 Å². The molecule has 3 atom stereocenters. The normalized spacial score (nSPS) is 33.0. The molecule has 1 aliphatic carbocycles. The number of hydrogen-bond donors (Lipinski definition) is 2. The molecule has 2 aliphatic rings. The summed E-state index contributed by atoms with van der Waals surface area (Å²) < 4.78 is 0. The van der Waals surface area contributed by atoms with Crippen molar-refractivity contribution in [2.24, 2.45) is 23.5 Å². The number of piperidine rings is 1. The minimum atomic E-state index is 0.0366. The molecule has 0 aromatic rings. The zero-order valence-corrected chi connectivity index (χ0v) is 13.1. The third-order valence-electron chi connectivity index (χ3n) is 5.35. The number of nitrogens with zero attached hydrogens (tertiary/aromatic N) is 1. The molecule has 1 aliphatic heterocycles. The zero-order valence-electron chi connectivity index (χ0n) is 13.1. The maximum Gasteiger partial charge on any atom is 0.224 e. The van der Waals surface area contributed by atoms with E-state index < -0.39 is 0 Å². The number of rotatable bonds is 4. The fraction of sp³-hybridized carbons (Fsp3) is 0.938. The van der Waals surface area contributed by atoms with Gasteiger partial charge in [0.25, 0.3) is 0 Å². The lowest BCUT2D eigenvalue weighted by Gasteiger charge is -2.34. The van der Waals surface area contributed by atoms with Gasteiger partial charge in [0.15, 0.2) is 0 Å². The van der Waals surface area contributed by atoms with Crippen LogP contribution in [0.15, 0.2) is 0 Å². The van der Waals surface area contributed by atoms with Crippen molar-refractivity contribution in [3.05, 3.63) is 0 Å². The van der Waals surface area contributed by atoms with Crippen molar-refractivity contribution >= 4 is 5.91 Å². The van der Waals surface area contributed by atoms with Gasteiger partial charge >= 0.3 is 0 Å². The minimum Gasteiger partial charge on any atom is -0.356 e. The molecule has 2 rings (SSSR count). The lowest BCUT2D eigenvalue weighted by molar-refractivity contribution is -0.127. The Bertz CT molecular complexity index is 313. The third-order valence-corrected chi connectivity index (χ3v) is 5.35. The molecular weight excluding hydrogens is 250 g/mol.